The summed E-state index contributed by atoms with van der Waals surface area (Å²) in [6.07, 6.45) is -1.07. The number of ether oxygens (including phenoxy) is 2. The number of rotatable bonds is 4. The number of anilines is 1. The fourth-order valence-electron chi connectivity index (χ4n) is 1.76. The standard InChI is InChI=1S/C14H16N3O3.Y/c1-8-4-5-10(15)9(6-8)13(18)14-16-11(19-2)7-12(17-14)20-3;/h4,6-7,13,18H,15H2,1-3H3;/q-1;. The molecule has 1 radical (unpaired) electrons. The summed E-state index contributed by atoms with van der Waals surface area (Å²) in [5.41, 5.74) is 7.62. The molecule has 0 aliphatic heterocycles. The van der Waals surface area contributed by atoms with E-state index in [0.717, 1.165) is 5.56 Å². The van der Waals surface area contributed by atoms with Crippen molar-refractivity contribution in [1.82, 2.24) is 9.97 Å². The molecule has 0 aliphatic rings. The topological polar surface area (TPSA) is 90.5 Å². The number of hydrogen-bond donors (Lipinski definition) is 2. The maximum Gasteiger partial charge on any atom is 0.220 e. The molecule has 7 heteroatoms. The van der Waals surface area contributed by atoms with Gasteiger partial charge in [0, 0.05) is 32.7 Å². The first-order valence-electron chi connectivity index (χ1n) is 5.98. The first kappa shape index (κ1) is 17.8. The number of aryl methyl sites for hydroxylation is 1. The van der Waals surface area contributed by atoms with Crippen molar-refractivity contribution in [3.63, 3.8) is 0 Å². The van der Waals surface area contributed by atoms with Crippen LogP contribution in [0, 0.1) is 13.0 Å². The Balaban J connectivity index is 0.00000220. The Bertz CT molecular complexity index is 600. The Morgan fingerprint density at radius 2 is 1.76 bits per heavy atom. The van der Waals surface area contributed by atoms with E-state index in [9.17, 15) is 5.11 Å². The van der Waals surface area contributed by atoms with Gasteiger partial charge in [-0.2, -0.15) is 33.7 Å². The molecule has 2 rings (SSSR count). The van der Waals surface area contributed by atoms with E-state index in [1.807, 2.05) is 6.92 Å². The number of nitrogen functional groups attached to an aromatic ring is 1. The average Bonchev–Trinajstić information content (AvgIpc) is 2.48. The fourth-order valence-corrected chi connectivity index (χ4v) is 1.76. The molecular formula is C14H16N3O3Y-. The van der Waals surface area contributed by atoms with Crippen molar-refractivity contribution < 1.29 is 47.3 Å². The van der Waals surface area contributed by atoms with Crippen LogP contribution in [0.25, 0.3) is 0 Å². The number of methoxy groups -OCH3 is 2. The van der Waals surface area contributed by atoms with Crippen molar-refractivity contribution in [2.24, 2.45) is 0 Å². The van der Waals surface area contributed by atoms with Gasteiger partial charge < -0.3 is 20.3 Å². The van der Waals surface area contributed by atoms with Crippen molar-refractivity contribution in [2.75, 3.05) is 20.0 Å². The maximum absolute atomic E-state index is 10.4. The molecular weight excluding hydrogens is 347 g/mol. The molecule has 0 bridgehead atoms. The number of nitrogens with zero attached hydrogens (tertiary/aromatic N) is 2. The SMILES string of the molecule is COc1cc(OC)nc(C(O)c2cc(C)c[c-]c2N)n1.[Y]. The van der Waals surface area contributed by atoms with Gasteiger partial charge in [0.25, 0.3) is 0 Å². The van der Waals surface area contributed by atoms with Crippen LogP contribution in [0.1, 0.15) is 23.1 Å². The molecule has 0 saturated carbocycles. The molecule has 3 N–H and O–H groups in total. The molecule has 1 heterocycles. The molecule has 0 amide bonds. The summed E-state index contributed by atoms with van der Waals surface area (Å²) in [5.74, 6) is 0.772. The van der Waals surface area contributed by atoms with Gasteiger partial charge in [0.05, 0.1) is 26.4 Å². The van der Waals surface area contributed by atoms with E-state index in [1.165, 1.54) is 20.3 Å². The minimum absolute atomic E-state index is 0. The molecule has 1 aromatic heterocycles. The monoisotopic (exact) mass is 363 g/mol. The van der Waals surface area contributed by atoms with E-state index in [-0.39, 0.29) is 38.5 Å². The summed E-state index contributed by atoms with van der Waals surface area (Å²) in [4.78, 5) is 8.23. The van der Waals surface area contributed by atoms with E-state index in [1.54, 1.807) is 12.1 Å². The molecule has 6 nitrogen and oxygen atoms in total. The fraction of sp³-hybridized carbons (Fsp3) is 0.286. The predicted octanol–water partition coefficient (Wildman–Crippen LogP) is 1.26. The van der Waals surface area contributed by atoms with Crippen LogP contribution < -0.4 is 15.2 Å². The third kappa shape index (κ3) is 4.12. The van der Waals surface area contributed by atoms with Gasteiger partial charge in [-0.05, 0) is 0 Å². The molecule has 0 spiro atoms. The average molecular weight is 363 g/mol. The van der Waals surface area contributed by atoms with Crippen molar-refractivity contribution in [3.05, 3.63) is 41.2 Å². The second-order valence-electron chi connectivity index (χ2n) is 4.26. The Kier molecular flexibility index (Phi) is 6.52. The quantitative estimate of drug-likeness (QED) is 0.628. The van der Waals surface area contributed by atoms with Crippen LogP contribution >= 0.6 is 0 Å². The minimum atomic E-state index is -1.07. The van der Waals surface area contributed by atoms with E-state index < -0.39 is 6.10 Å². The zero-order chi connectivity index (χ0) is 14.7. The van der Waals surface area contributed by atoms with Gasteiger partial charge in [-0.3, -0.25) is 0 Å². The smallest absolute Gasteiger partial charge is 0.220 e. The van der Waals surface area contributed by atoms with Gasteiger partial charge >= 0.3 is 0 Å². The van der Waals surface area contributed by atoms with Crippen LogP contribution in [-0.4, -0.2) is 29.3 Å². The van der Waals surface area contributed by atoms with Crippen LogP contribution in [-0.2, 0) is 32.7 Å². The maximum atomic E-state index is 10.4. The van der Waals surface area contributed by atoms with Crippen LogP contribution in [0.5, 0.6) is 11.8 Å². The van der Waals surface area contributed by atoms with Gasteiger partial charge in [-0.15, -0.1) is 0 Å². The van der Waals surface area contributed by atoms with E-state index in [0.29, 0.717) is 23.0 Å². The van der Waals surface area contributed by atoms with Crippen molar-refractivity contribution >= 4 is 5.69 Å². The molecule has 0 fully saturated rings. The summed E-state index contributed by atoms with van der Waals surface area (Å²) >= 11 is 0. The van der Waals surface area contributed by atoms with Crippen LogP contribution in [0.15, 0.2) is 18.2 Å². The van der Waals surface area contributed by atoms with Crippen molar-refractivity contribution in [1.29, 1.82) is 0 Å². The van der Waals surface area contributed by atoms with Crippen LogP contribution in [0.3, 0.4) is 0 Å². The number of nitrogens with two attached hydrogens (primary N) is 1. The molecule has 21 heavy (non-hydrogen) atoms. The number of aliphatic hydroxyl groups excluding tert-OH is 1. The van der Waals surface area contributed by atoms with E-state index in [4.69, 9.17) is 15.2 Å². The number of benzene rings is 1. The first-order valence-corrected chi connectivity index (χ1v) is 5.98. The summed E-state index contributed by atoms with van der Waals surface area (Å²) in [6, 6.07) is 7.92. The minimum Gasteiger partial charge on any atom is -0.481 e. The molecule has 1 unspecified atom stereocenters. The third-order valence-electron chi connectivity index (χ3n) is 2.80. The summed E-state index contributed by atoms with van der Waals surface area (Å²) < 4.78 is 10.1. The van der Waals surface area contributed by atoms with E-state index in [2.05, 4.69) is 16.0 Å². The molecule has 2 aromatic rings. The largest absolute Gasteiger partial charge is 0.481 e. The van der Waals surface area contributed by atoms with Gasteiger partial charge in [-0.25, -0.2) is 0 Å². The third-order valence-corrected chi connectivity index (χ3v) is 2.80. The molecule has 1 aromatic carbocycles. The van der Waals surface area contributed by atoms with Gasteiger partial charge in [0.1, 0.15) is 0 Å². The van der Waals surface area contributed by atoms with Crippen molar-refractivity contribution in [2.45, 2.75) is 13.0 Å². The Morgan fingerprint density at radius 3 is 2.29 bits per heavy atom. The number of aliphatic hydroxyl groups is 1. The Morgan fingerprint density at radius 1 is 1.19 bits per heavy atom. The molecule has 0 saturated heterocycles. The second-order valence-corrected chi connectivity index (χ2v) is 4.26. The Labute approximate surface area is 148 Å². The molecule has 1 atom stereocenters. The Hall–Kier alpha value is -1.24. The van der Waals surface area contributed by atoms with Crippen LogP contribution in [0.4, 0.5) is 5.69 Å². The van der Waals surface area contributed by atoms with Gasteiger partial charge in [-0.1, -0.05) is 18.2 Å². The van der Waals surface area contributed by atoms with Gasteiger partial charge in [0.2, 0.25) is 11.8 Å². The van der Waals surface area contributed by atoms with Crippen LogP contribution in [0.2, 0.25) is 0 Å². The zero-order valence-corrected chi connectivity index (χ0v) is 15.0. The molecule has 109 valence electrons. The summed E-state index contributed by atoms with van der Waals surface area (Å²) in [5, 5.41) is 10.4. The number of hydrogen-bond acceptors (Lipinski definition) is 6. The number of aromatic nitrogens is 2. The zero-order valence-electron chi connectivity index (χ0n) is 12.1. The normalized spacial score (nSPS) is 11.4. The molecule has 0 aliphatic carbocycles. The summed E-state index contributed by atoms with van der Waals surface area (Å²) in [7, 11) is 2.96. The summed E-state index contributed by atoms with van der Waals surface area (Å²) in [6.45, 7) is 1.89. The first-order chi connectivity index (χ1) is 9.55. The van der Waals surface area contributed by atoms with Gasteiger partial charge in [0.15, 0.2) is 5.82 Å². The van der Waals surface area contributed by atoms with E-state index >= 15 is 0 Å². The van der Waals surface area contributed by atoms with Crippen molar-refractivity contribution in [3.8, 4) is 11.8 Å². The second kappa shape index (κ2) is 7.68. The predicted molar refractivity (Wildman–Crippen MR) is 73.6 cm³/mol.